The van der Waals surface area contributed by atoms with Crippen LogP contribution in [0.25, 0.3) is 5.69 Å². The fourth-order valence-corrected chi connectivity index (χ4v) is 2.31. The van der Waals surface area contributed by atoms with Crippen LogP contribution >= 0.6 is 0 Å². The predicted octanol–water partition coefficient (Wildman–Crippen LogP) is 0.749. The van der Waals surface area contributed by atoms with E-state index < -0.39 is 0 Å². The highest BCUT2D eigenvalue weighted by atomic mass is 16.2. The second-order valence-corrected chi connectivity index (χ2v) is 4.89. The van der Waals surface area contributed by atoms with E-state index in [2.05, 4.69) is 20.9 Å². The first-order chi connectivity index (χ1) is 9.83. The number of rotatable bonds is 4. The number of benzene rings is 1. The molecule has 1 aliphatic heterocycles. The molecule has 104 valence electrons. The predicted molar refractivity (Wildman–Crippen MR) is 74.7 cm³/mol. The number of hydrogen-bond donors (Lipinski definition) is 2. The van der Waals surface area contributed by atoms with Crippen molar-refractivity contribution in [2.75, 3.05) is 13.1 Å². The van der Waals surface area contributed by atoms with Gasteiger partial charge >= 0.3 is 0 Å². The van der Waals surface area contributed by atoms with E-state index in [1.807, 2.05) is 30.3 Å². The van der Waals surface area contributed by atoms with E-state index in [4.69, 9.17) is 0 Å². The number of aromatic nitrogens is 3. The highest BCUT2D eigenvalue weighted by Gasteiger charge is 2.16. The van der Waals surface area contributed by atoms with Gasteiger partial charge in [0.15, 0.2) is 5.69 Å². The van der Waals surface area contributed by atoms with Crippen LogP contribution in [0.15, 0.2) is 36.5 Å². The second kappa shape index (κ2) is 5.83. The molecule has 1 saturated heterocycles. The molecule has 1 aromatic heterocycles. The maximum atomic E-state index is 12.0. The van der Waals surface area contributed by atoms with Crippen LogP contribution in [0, 0.1) is 0 Å². The van der Waals surface area contributed by atoms with Gasteiger partial charge in [-0.05, 0) is 31.5 Å². The van der Waals surface area contributed by atoms with Crippen LogP contribution in [0.4, 0.5) is 0 Å². The second-order valence-electron chi connectivity index (χ2n) is 4.89. The highest BCUT2D eigenvalue weighted by molar-refractivity contribution is 5.91. The SMILES string of the molecule is O=C(NCC1CCCN1)c1cn(-c2ccccc2)nn1. The molecule has 2 heterocycles. The van der Waals surface area contributed by atoms with E-state index in [0.717, 1.165) is 18.7 Å². The molecule has 20 heavy (non-hydrogen) atoms. The number of carbonyl (C=O) groups excluding carboxylic acids is 1. The van der Waals surface area contributed by atoms with Crippen LogP contribution in [-0.4, -0.2) is 40.0 Å². The van der Waals surface area contributed by atoms with Crippen molar-refractivity contribution in [2.45, 2.75) is 18.9 Å². The molecule has 1 atom stereocenters. The molecular formula is C14H17N5O. The number of hydrogen-bond acceptors (Lipinski definition) is 4. The van der Waals surface area contributed by atoms with E-state index >= 15 is 0 Å². The summed E-state index contributed by atoms with van der Waals surface area (Å²) in [5, 5.41) is 14.1. The fraction of sp³-hybridized carbons (Fsp3) is 0.357. The Kier molecular flexibility index (Phi) is 3.73. The number of amides is 1. The summed E-state index contributed by atoms with van der Waals surface area (Å²) in [6, 6.07) is 9.98. The number of carbonyl (C=O) groups is 1. The summed E-state index contributed by atoms with van der Waals surface area (Å²) in [4.78, 5) is 12.0. The zero-order valence-corrected chi connectivity index (χ0v) is 11.1. The first-order valence-electron chi connectivity index (χ1n) is 6.82. The monoisotopic (exact) mass is 271 g/mol. The quantitative estimate of drug-likeness (QED) is 0.860. The summed E-state index contributed by atoms with van der Waals surface area (Å²) < 4.78 is 1.60. The lowest BCUT2D eigenvalue weighted by atomic mass is 10.2. The van der Waals surface area contributed by atoms with Gasteiger partial charge in [-0.15, -0.1) is 5.10 Å². The summed E-state index contributed by atoms with van der Waals surface area (Å²) in [6.45, 7) is 1.67. The Labute approximate surface area is 117 Å². The van der Waals surface area contributed by atoms with Crippen molar-refractivity contribution in [1.29, 1.82) is 0 Å². The molecule has 1 unspecified atom stereocenters. The molecule has 2 aromatic rings. The lowest BCUT2D eigenvalue weighted by molar-refractivity contribution is 0.0945. The van der Waals surface area contributed by atoms with Crippen molar-refractivity contribution in [3.05, 3.63) is 42.2 Å². The molecule has 0 aliphatic carbocycles. The molecule has 3 rings (SSSR count). The molecular weight excluding hydrogens is 254 g/mol. The molecule has 1 aliphatic rings. The number of nitrogens with one attached hydrogen (secondary N) is 2. The van der Waals surface area contributed by atoms with Gasteiger partial charge in [-0.2, -0.15) is 0 Å². The van der Waals surface area contributed by atoms with Gasteiger partial charge in [0.2, 0.25) is 0 Å². The first-order valence-corrected chi connectivity index (χ1v) is 6.82. The van der Waals surface area contributed by atoms with Crippen LogP contribution in [-0.2, 0) is 0 Å². The van der Waals surface area contributed by atoms with Crippen molar-refractivity contribution < 1.29 is 4.79 Å². The van der Waals surface area contributed by atoms with Crippen molar-refractivity contribution >= 4 is 5.91 Å². The minimum atomic E-state index is -0.180. The van der Waals surface area contributed by atoms with Gasteiger partial charge in [-0.3, -0.25) is 4.79 Å². The van der Waals surface area contributed by atoms with Gasteiger partial charge in [0.25, 0.3) is 5.91 Å². The number of nitrogens with zero attached hydrogens (tertiary/aromatic N) is 3. The summed E-state index contributed by atoms with van der Waals surface area (Å²) in [7, 11) is 0. The molecule has 6 heteroatoms. The largest absolute Gasteiger partial charge is 0.349 e. The average Bonchev–Trinajstić information content (AvgIpc) is 3.17. The molecule has 0 radical (unpaired) electrons. The lowest BCUT2D eigenvalue weighted by Gasteiger charge is -2.09. The third kappa shape index (κ3) is 2.85. The summed E-state index contributed by atoms with van der Waals surface area (Å²) in [5.74, 6) is -0.180. The standard InChI is InChI=1S/C14H17N5O/c20-14(16-9-11-5-4-8-15-11)13-10-19(18-17-13)12-6-2-1-3-7-12/h1-3,6-7,10-11,15H,4-5,8-9H2,(H,16,20). The van der Waals surface area contributed by atoms with E-state index in [1.54, 1.807) is 10.9 Å². The van der Waals surface area contributed by atoms with Crippen molar-refractivity contribution in [3.8, 4) is 5.69 Å². The van der Waals surface area contributed by atoms with Gasteiger partial charge in [0.05, 0.1) is 11.9 Å². The maximum Gasteiger partial charge on any atom is 0.273 e. The van der Waals surface area contributed by atoms with Crippen molar-refractivity contribution in [3.63, 3.8) is 0 Å². The topological polar surface area (TPSA) is 71.8 Å². The Hall–Kier alpha value is -2.21. The van der Waals surface area contributed by atoms with Crippen LogP contribution in [0.3, 0.4) is 0 Å². The van der Waals surface area contributed by atoms with Crippen LogP contribution < -0.4 is 10.6 Å². The Balaban J connectivity index is 1.62. The number of para-hydroxylation sites is 1. The normalized spacial score (nSPS) is 18.1. The minimum absolute atomic E-state index is 0.180. The summed E-state index contributed by atoms with van der Waals surface area (Å²) in [5.41, 5.74) is 1.23. The van der Waals surface area contributed by atoms with Gasteiger partial charge in [0.1, 0.15) is 0 Å². The Morgan fingerprint density at radius 3 is 3.00 bits per heavy atom. The average molecular weight is 271 g/mol. The van der Waals surface area contributed by atoms with Gasteiger partial charge in [-0.1, -0.05) is 23.4 Å². The van der Waals surface area contributed by atoms with Gasteiger partial charge in [0, 0.05) is 12.6 Å². The zero-order valence-electron chi connectivity index (χ0n) is 11.1. The Morgan fingerprint density at radius 2 is 2.25 bits per heavy atom. The van der Waals surface area contributed by atoms with Gasteiger partial charge in [-0.25, -0.2) is 4.68 Å². The van der Waals surface area contributed by atoms with Crippen LogP contribution in [0.1, 0.15) is 23.3 Å². The summed E-state index contributed by atoms with van der Waals surface area (Å²) >= 11 is 0. The first kappa shape index (κ1) is 12.8. The summed E-state index contributed by atoms with van der Waals surface area (Å²) in [6.07, 6.45) is 3.93. The fourth-order valence-electron chi connectivity index (χ4n) is 2.31. The molecule has 0 bridgehead atoms. The lowest BCUT2D eigenvalue weighted by Crippen LogP contribution is -2.37. The molecule has 6 nitrogen and oxygen atoms in total. The van der Waals surface area contributed by atoms with Gasteiger partial charge < -0.3 is 10.6 Å². The molecule has 1 amide bonds. The zero-order chi connectivity index (χ0) is 13.8. The molecule has 2 N–H and O–H groups in total. The van der Waals surface area contributed by atoms with Crippen LogP contribution in [0.2, 0.25) is 0 Å². The van der Waals surface area contributed by atoms with Crippen LogP contribution in [0.5, 0.6) is 0 Å². The van der Waals surface area contributed by atoms with Crippen molar-refractivity contribution in [1.82, 2.24) is 25.6 Å². The van der Waals surface area contributed by atoms with Crippen molar-refractivity contribution in [2.24, 2.45) is 0 Å². The maximum absolute atomic E-state index is 12.0. The van der Waals surface area contributed by atoms with E-state index in [0.29, 0.717) is 18.3 Å². The van der Waals surface area contributed by atoms with E-state index in [9.17, 15) is 4.79 Å². The third-order valence-corrected chi connectivity index (χ3v) is 3.42. The smallest absolute Gasteiger partial charge is 0.273 e. The van der Waals surface area contributed by atoms with E-state index in [1.165, 1.54) is 6.42 Å². The molecule has 1 aromatic carbocycles. The van der Waals surface area contributed by atoms with E-state index in [-0.39, 0.29) is 5.91 Å². The molecule has 1 fully saturated rings. The Morgan fingerprint density at radius 1 is 1.40 bits per heavy atom. The minimum Gasteiger partial charge on any atom is -0.349 e. The Bertz CT molecular complexity index is 574. The molecule has 0 spiro atoms. The third-order valence-electron chi connectivity index (χ3n) is 3.42. The molecule has 0 saturated carbocycles. The highest BCUT2D eigenvalue weighted by Crippen LogP contribution is 2.06.